The lowest BCUT2D eigenvalue weighted by Crippen LogP contribution is -2.16. The number of pyridine rings is 2. The minimum absolute atomic E-state index is 0.227. The highest BCUT2D eigenvalue weighted by atomic mass is 35.5. The number of H-pyrrole nitrogens is 1. The predicted octanol–water partition coefficient (Wildman–Crippen LogP) is 3.08. The van der Waals surface area contributed by atoms with Crippen LogP contribution >= 0.6 is 11.6 Å². The summed E-state index contributed by atoms with van der Waals surface area (Å²) in [7, 11) is 2.99. The highest BCUT2D eigenvalue weighted by Gasteiger charge is 2.09. The molecule has 132 valence electrons. The Labute approximate surface area is 154 Å². The summed E-state index contributed by atoms with van der Waals surface area (Å²) in [4.78, 5) is 19.3. The van der Waals surface area contributed by atoms with E-state index in [2.05, 4.69) is 15.3 Å². The Balaban J connectivity index is 1.88. The Kier molecular flexibility index (Phi) is 4.96. The quantitative estimate of drug-likeness (QED) is 0.715. The molecule has 1 aromatic carbocycles. The molecule has 0 aliphatic heterocycles. The van der Waals surface area contributed by atoms with Gasteiger partial charge in [0.1, 0.15) is 28.9 Å². The summed E-state index contributed by atoms with van der Waals surface area (Å²) in [5, 5.41) is 13.3. The van der Waals surface area contributed by atoms with E-state index in [1.54, 1.807) is 24.3 Å². The van der Waals surface area contributed by atoms with Gasteiger partial charge in [-0.25, -0.2) is 4.98 Å². The van der Waals surface area contributed by atoms with Gasteiger partial charge in [0, 0.05) is 29.6 Å². The third-order valence-electron chi connectivity index (χ3n) is 3.86. The number of ether oxygens (including phenoxy) is 2. The van der Waals surface area contributed by atoms with Crippen LogP contribution in [0.15, 0.2) is 35.3 Å². The number of benzene rings is 1. The lowest BCUT2D eigenvalue weighted by molar-refractivity contribution is 0.413. The maximum Gasteiger partial charge on any atom is 0.253 e. The van der Waals surface area contributed by atoms with Crippen LogP contribution < -0.4 is 20.3 Å². The molecule has 0 saturated carbocycles. The third-order valence-corrected chi connectivity index (χ3v) is 4.16. The van der Waals surface area contributed by atoms with Crippen molar-refractivity contribution in [2.75, 3.05) is 19.5 Å². The van der Waals surface area contributed by atoms with Crippen molar-refractivity contribution >= 4 is 28.3 Å². The monoisotopic (exact) mass is 370 g/mol. The number of rotatable bonds is 5. The van der Waals surface area contributed by atoms with Crippen molar-refractivity contribution < 1.29 is 9.47 Å². The van der Waals surface area contributed by atoms with Crippen molar-refractivity contribution in [1.29, 1.82) is 5.26 Å². The molecule has 0 unspecified atom stereocenters. The van der Waals surface area contributed by atoms with Gasteiger partial charge in [0.15, 0.2) is 0 Å². The fourth-order valence-electron chi connectivity index (χ4n) is 2.51. The summed E-state index contributed by atoms with van der Waals surface area (Å²) in [5.41, 5.74) is 1.27. The minimum atomic E-state index is -0.227. The smallest absolute Gasteiger partial charge is 0.253 e. The standard InChI is InChI=1S/C18H15ClN4O3/c1-25-15-6-17(22-9-12(15)7-20)21-8-11-3-10-4-13(19)16(26-2)5-14(10)23-18(11)24/h3-6,9H,8H2,1-2H3,(H,21,22)(H,23,24). The van der Waals surface area contributed by atoms with Crippen molar-refractivity contribution in [3.05, 3.63) is 57.0 Å². The SMILES string of the molecule is COc1cc2[nH]c(=O)c(CNc3cc(OC)c(C#N)cn3)cc2cc1Cl. The first-order valence-electron chi connectivity index (χ1n) is 7.63. The van der Waals surface area contributed by atoms with Crippen LogP contribution in [0.5, 0.6) is 11.5 Å². The Bertz CT molecular complexity index is 1070. The molecule has 3 rings (SSSR count). The molecule has 0 aliphatic rings. The Morgan fingerprint density at radius 3 is 2.69 bits per heavy atom. The van der Waals surface area contributed by atoms with Crippen molar-refractivity contribution in [2.24, 2.45) is 0 Å². The summed E-state index contributed by atoms with van der Waals surface area (Å²) < 4.78 is 10.3. The lowest BCUT2D eigenvalue weighted by atomic mass is 10.1. The summed E-state index contributed by atoms with van der Waals surface area (Å²) in [5.74, 6) is 1.40. The molecule has 7 nitrogen and oxygen atoms in total. The summed E-state index contributed by atoms with van der Waals surface area (Å²) in [6.45, 7) is 0.247. The number of nitrogens with zero attached hydrogens (tertiary/aromatic N) is 2. The van der Waals surface area contributed by atoms with Crippen LogP contribution in [0.4, 0.5) is 5.82 Å². The zero-order valence-electron chi connectivity index (χ0n) is 14.1. The molecule has 2 N–H and O–H groups in total. The summed E-state index contributed by atoms with van der Waals surface area (Å²) in [6.07, 6.45) is 1.41. The highest BCUT2D eigenvalue weighted by Crippen LogP contribution is 2.28. The molecule has 0 radical (unpaired) electrons. The maximum absolute atomic E-state index is 12.3. The number of methoxy groups -OCH3 is 2. The van der Waals surface area contributed by atoms with Gasteiger partial charge in [-0.1, -0.05) is 11.6 Å². The van der Waals surface area contributed by atoms with E-state index in [0.29, 0.717) is 39.0 Å². The van der Waals surface area contributed by atoms with Crippen LogP contribution in [0.25, 0.3) is 10.9 Å². The second-order valence-electron chi connectivity index (χ2n) is 5.43. The molecule has 0 atom stereocenters. The first-order valence-corrected chi connectivity index (χ1v) is 8.01. The van der Waals surface area contributed by atoms with Gasteiger partial charge in [0.05, 0.1) is 31.0 Å². The van der Waals surface area contributed by atoms with Crippen LogP contribution in [0.2, 0.25) is 5.02 Å². The average molecular weight is 371 g/mol. The lowest BCUT2D eigenvalue weighted by Gasteiger charge is -2.10. The van der Waals surface area contributed by atoms with E-state index in [9.17, 15) is 4.79 Å². The number of hydrogen-bond donors (Lipinski definition) is 2. The molecule has 0 spiro atoms. The average Bonchev–Trinajstić information content (AvgIpc) is 2.66. The Hall–Kier alpha value is -3.24. The van der Waals surface area contributed by atoms with Crippen LogP contribution in [0, 0.1) is 11.3 Å². The van der Waals surface area contributed by atoms with Crippen LogP contribution in [-0.4, -0.2) is 24.2 Å². The van der Waals surface area contributed by atoms with Gasteiger partial charge < -0.3 is 19.8 Å². The summed E-state index contributed by atoms with van der Waals surface area (Å²) in [6, 6.07) is 8.78. The second-order valence-corrected chi connectivity index (χ2v) is 5.84. The molecule has 2 heterocycles. The van der Waals surface area contributed by atoms with Gasteiger partial charge in [0.2, 0.25) is 0 Å². The zero-order chi connectivity index (χ0) is 18.7. The van der Waals surface area contributed by atoms with Crippen molar-refractivity contribution in [2.45, 2.75) is 6.54 Å². The van der Waals surface area contributed by atoms with E-state index >= 15 is 0 Å². The fraction of sp³-hybridized carbons (Fsp3) is 0.167. The van der Waals surface area contributed by atoms with Crippen molar-refractivity contribution in [1.82, 2.24) is 9.97 Å². The summed E-state index contributed by atoms with van der Waals surface area (Å²) >= 11 is 6.15. The van der Waals surface area contributed by atoms with Crippen LogP contribution in [0.1, 0.15) is 11.1 Å². The van der Waals surface area contributed by atoms with Gasteiger partial charge in [-0.3, -0.25) is 4.79 Å². The van der Waals surface area contributed by atoms with Crippen LogP contribution in [-0.2, 0) is 6.54 Å². The van der Waals surface area contributed by atoms with Gasteiger partial charge in [-0.2, -0.15) is 5.26 Å². The second kappa shape index (κ2) is 7.33. The van der Waals surface area contributed by atoms with Crippen molar-refractivity contribution in [3.63, 3.8) is 0 Å². The number of nitrogens with one attached hydrogen (secondary N) is 2. The highest BCUT2D eigenvalue weighted by molar-refractivity contribution is 6.32. The molecule has 2 aromatic heterocycles. The molecule has 0 amide bonds. The van der Waals surface area contributed by atoms with Crippen LogP contribution in [0.3, 0.4) is 0 Å². The van der Waals surface area contributed by atoms with E-state index in [1.165, 1.54) is 20.4 Å². The zero-order valence-corrected chi connectivity index (χ0v) is 14.8. The molecule has 0 fully saturated rings. The van der Waals surface area contributed by atoms with Gasteiger partial charge in [0.25, 0.3) is 5.56 Å². The Morgan fingerprint density at radius 2 is 2.00 bits per heavy atom. The maximum atomic E-state index is 12.3. The molecular weight excluding hydrogens is 356 g/mol. The van der Waals surface area contributed by atoms with Crippen molar-refractivity contribution in [3.8, 4) is 17.6 Å². The predicted molar refractivity (Wildman–Crippen MR) is 99.0 cm³/mol. The molecule has 8 heteroatoms. The number of nitriles is 1. The molecule has 0 bridgehead atoms. The Morgan fingerprint density at radius 1 is 1.23 bits per heavy atom. The topological polar surface area (TPSA) is 100 Å². The molecule has 3 aromatic rings. The van der Waals surface area contributed by atoms with E-state index in [0.717, 1.165) is 5.39 Å². The molecule has 0 aliphatic carbocycles. The van der Waals surface area contributed by atoms with E-state index in [4.69, 9.17) is 26.3 Å². The van der Waals surface area contributed by atoms with Gasteiger partial charge >= 0.3 is 0 Å². The fourth-order valence-corrected chi connectivity index (χ4v) is 2.76. The number of aromatic nitrogens is 2. The van der Waals surface area contributed by atoms with E-state index in [-0.39, 0.29) is 12.1 Å². The molecular formula is C18H15ClN4O3. The molecule has 26 heavy (non-hydrogen) atoms. The largest absolute Gasteiger partial charge is 0.495 e. The number of halogens is 1. The normalized spacial score (nSPS) is 10.4. The first kappa shape index (κ1) is 17.6. The number of anilines is 1. The third kappa shape index (κ3) is 3.41. The van der Waals surface area contributed by atoms with Gasteiger partial charge in [-0.05, 0) is 12.1 Å². The van der Waals surface area contributed by atoms with E-state index in [1.807, 2.05) is 6.07 Å². The number of fused-ring (bicyclic) bond motifs is 1. The minimum Gasteiger partial charge on any atom is -0.495 e. The first-order chi connectivity index (χ1) is 12.5. The number of aromatic amines is 1. The van der Waals surface area contributed by atoms with Gasteiger partial charge in [-0.15, -0.1) is 0 Å². The number of hydrogen-bond acceptors (Lipinski definition) is 6. The molecule has 0 saturated heterocycles. The van der Waals surface area contributed by atoms with E-state index < -0.39 is 0 Å².